The van der Waals surface area contributed by atoms with Crippen molar-refractivity contribution in [2.24, 2.45) is 0 Å². The summed E-state index contributed by atoms with van der Waals surface area (Å²) in [5.74, 6) is -0.603. The molecule has 0 bridgehead atoms. The zero-order valence-corrected chi connectivity index (χ0v) is 13.5. The van der Waals surface area contributed by atoms with E-state index in [0.717, 1.165) is 0 Å². The van der Waals surface area contributed by atoms with E-state index in [2.05, 4.69) is 10.4 Å². The molecule has 126 valence electrons. The molecule has 2 heterocycles. The first kappa shape index (κ1) is 15.3. The van der Waals surface area contributed by atoms with Gasteiger partial charge in [-0.1, -0.05) is 24.3 Å². The number of carbonyl (C=O) groups is 2. The van der Waals surface area contributed by atoms with Crippen LogP contribution in [0.15, 0.2) is 42.5 Å². The Hall–Kier alpha value is -3.22. The molecule has 0 unspecified atom stereocenters. The van der Waals surface area contributed by atoms with E-state index < -0.39 is 5.91 Å². The normalized spacial score (nSPS) is 13.8. The van der Waals surface area contributed by atoms with Crippen LogP contribution < -0.4 is 5.32 Å². The van der Waals surface area contributed by atoms with Gasteiger partial charge in [0.05, 0.1) is 6.54 Å². The van der Waals surface area contributed by atoms with E-state index >= 15 is 0 Å². The fourth-order valence-electron chi connectivity index (χ4n) is 3.01. The van der Waals surface area contributed by atoms with Crippen LogP contribution in [0, 0.1) is 5.82 Å². The lowest BCUT2D eigenvalue weighted by molar-refractivity contribution is 0.0742. The molecule has 0 aliphatic carbocycles. The second-order valence-corrected chi connectivity index (χ2v) is 5.96. The Bertz CT molecular complexity index is 1010. The van der Waals surface area contributed by atoms with Crippen LogP contribution in [0.4, 0.5) is 10.2 Å². The molecule has 0 radical (unpaired) electrons. The number of halogens is 1. The molecule has 1 aliphatic heterocycles. The molecular formula is C18H15FN4O2. The Kier molecular flexibility index (Phi) is 3.49. The third kappa shape index (κ3) is 2.53. The van der Waals surface area contributed by atoms with Gasteiger partial charge in [-0.15, -0.1) is 0 Å². The van der Waals surface area contributed by atoms with Crippen LogP contribution in [0.3, 0.4) is 0 Å². The highest BCUT2D eigenvalue weighted by atomic mass is 19.1. The number of rotatable bonds is 2. The zero-order chi connectivity index (χ0) is 17.6. The number of benzene rings is 2. The molecule has 25 heavy (non-hydrogen) atoms. The number of nitrogens with one attached hydrogen (secondary N) is 1. The Balaban J connectivity index is 1.67. The molecule has 6 nitrogen and oxygen atoms in total. The van der Waals surface area contributed by atoms with E-state index in [-0.39, 0.29) is 11.7 Å². The Morgan fingerprint density at radius 3 is 2.72 bits per heavy atom. The van der Waals surface area contributed by atoms with Crippen molar-refractivity contribution >= 4 is 28.4 Å². The largest absolute Gasteiger partial charge is 0.339 e. The molecule has 7 heteroatoms. The van der Waals surface area contributed by atoms with E-state index in [9.17, 15) is 14.0 Å². The minimum absolute atomic E-state index is 0.133. The number of carbonyl (C=O) groups excluding carboxylic acids is 2. The van der Waals surface area contributed by atoms with Crippen LogP contribution in [0.2, 0.25) is 0 Å². The summed E-state index contributed by atoms with van der Waals surface area (Å²) in [6.45, 7) is 1.15. The van der Waals surface area contributed by atoms with E-state index in [4.69, 9.17) is 0 Å². The minimum atomic E-state index is -0.396. The van der Waals surface area contributed by atoms with Crippen molar-refractivity contribution in [1.82, 2.24) is 14.7 Å². The summed E-state index contributed by atoms with van der Waals surface area (Å²) >= 11 is 0. The summed E-state index contributed by atoms with van der Waals surface area (Å²) in [7, 11) is 1.72. The second-order valence-electron chi connectivity index (χ2n) is 5.96. The fourth-order valence-corrected chi connectivity index (χ4v) is 3.01. The molecule has 2 amide bonds. The summed E-state index contributed by atoms with van der Waals surface area (Å²) in [5.41, 5.74) is 0.791. The van der Waals surface area contributed by atoms with Crippen LogP contribution in [-0.2, 0) is 6.54 Å². The van der Waals surface area contributed by atoms with Gasteiger partial charge in [0.2, 0.25) is 0 Å². The summed E-state index contributed by atoms with van der Waals surface area (Å²) < 4.78 is 15.5. The topological polar surface area (TPSA) is 67.2 Å². The predicted molar refractivity (Wildman–Crippen MR) is 91.0 cm³/mol. The van der Waals surface area contributed by atoms with E-state index in [1.165, 1.54) is 12.1 Å². The number of hydrogen-bond donors (Lipinski definition) is 1. The third-order valence-corrected chi connectivity index (χ3v) is 4.35. The third-order valence-electron chi connectivity index (χ3n) is 4.35. The van der Waals surface area contributed by atoms with Crippen LogP contribution >= 0.6 is 0 Å². The number of hydrogen-bond acceptors (Lipinski definition) is 3. The lowest BCUT2D eigenvalue weighted by Gasteiger charge is -2.22. The quantitative estimate of drug-likeness (QED) is 0.781. The average Bonchev–Trinajstić information content (AvgIpc) is 3.02. The second kappa shape index (κ2) is 5.70. The molecule has 2 aromatic carbocycles. The number of anilines is 1. The highest BCUT2D eigenvalue weighted by molar-refractivity contribution is 6.13. The average molecular weight is 338 g/mol. The zero-order valence-electron chi connectivity index (χ0n) is 13.5. The highest BCUT2D eigenvalue weighted by Gasteiger charge is 2.24. The molecule has 0 fully saturated rings. The molecule has 1 N–H and O–H groups in total. The van der Waals surface area contributed by atoms with Gasteiger partial charge in [-0.2, -0.15) is 5.10 Å². The van der Waals surface area contributed by atoms with Crippen molar-refractivity contribution in [2.45, 2.75) is 6.54 Å². The van der Waals surface area contributed by atoms with Crippen molar-refractivity contribution in [3.63, 3.8) is 0 Å². The number of fused-ring (bicyclic) bond motifs is 2. The van der Waals surface area contributed by atoms with Gasteiger partial charge in [0.15, 0.2) is 5.82 Å². The highest BCUT2D eigenvalue weighted by Crippen LogP contribution is 2.23. The van der Waals surface area contributed by atoms with Gasteiger partial charge in [0.1, 0.15) is 11.5 Å². The lowest BCUT2D eigenvalue weighted by atomic mass is 10.0. The van der Waals surface area contributed by atoms with Crippen LogP contribution in [0.25, 0.3) is 10.8 Å². The van der Waals surface area contributed by atoms with Crippen molar-refractivity contribution in [2.75, 3.05) is 18.9 Å². The van der Waals surface area contributed by atoms with Gasteiger partial charge in [0.25, 0.3) is 11.8 Å². The van der Waals surface area contributed by atoms with Crippen molar-refractivity contribution in [3.05, 3.63) is 59.5 Å². The molecule has 4 rings (SSSR count). The van der Waals surface area contributed by atoms with Crippen molar-refractivity contribution in [1.29, 1.82) is 0 Å². The maximum Gasteiger partial charge on any atom is 0.272 e. The molecule has 0 saturated carbocycles. The molecule has 1 aromatic heterocycles. The van der Waals surface area contributed by atoms with Gasteiger partial charge in [-0.3, -0.25) is 14.3 Å². The van der Waals surface area contributed by atoms with E-state index in [1.807, 2.05) is 0 Å². The summed E-state index contributed by atoms with van der Waals surface area (Å²) in [4.78, 5) is 26.3. The Labute approximate surface area is 142 Å². The SMILES string of the molecule is CN1CCn2nc(NC(=O)c3ccc(F)c4ccccc34)cc2C1=O. The maximum absolute atomic E-state index is 13.9. The Morgan fingerprint density at radius 1 is 1.16 bits per heavy atom. The first-order valence-electron chi connectivity index (χ1n) is 7.86. The molecule has 3 aromatic rings. The summed E-state index contributed by atoms with van der Waals surface area (Å²) in [5, 5.41) is 7.87. The van der Waals surface area contributed by atoms with Gasteiger partial charge in [0, 0.05) is 30.6 Å². The molecule has 0 atom stereocenters. The number of amides is 2. The predicted octanol–water partition coefficient (Wildman–Crippen LogP) is 2.51. The van der Waals surface area contributed by atoms with E-state index in [1.54, 1.807) is 47.0 Å². The van der Waals surface area contributed by atoms with E-state index in [0.29, 0.717) is 40.9 Å². The monoisotopic (exact) mass is 338 g/mol. The van der Waals surface area contributed by atoms with Crippen molar-refractivity contribution in [3.8, 4) is 0 Å². The smallest absolute Gasteiger partial charge is 0.272 e. The molecule has 0 saturated heterocycles. The van der Waals surface area contributed by atoms with Gasteiger partial charge in [-0.05, 0) is 17.5 Å². The van der Waals surface area contributed by atoms with Gasteiger partial charge < -0.3 is 10.2 Å². The summed E-state index contributed by atoms with van der Waals surface area (Å²) in [6, 6.07) is 11.1. The molecule has 0 spiro atoms. The lowest BCUT2D eigenvalue weighted by Crippen LogP contribution is -2.37. The first-order chi connectivity index (χ1) is 12.0. The number of likely N-dealkylation sites (N-methyl/N-ethyl adjacent to an activating group) is 1. The van der Waals surface area contributed by atoms with Gasteiger partial charge in [-0.25, -0.2) is 4.39 Å². The van der Waals surface area contributed by atoms with Crippen LogP contribution in [0.1, 0.15) is 20.8 Å². The maximum atomic E-state index is 13.9. The minimum Gasteiger partial charge on any atom is -0.339 e. The van der Waals surface area contributed by atoms with Crippen LogP contribution in [0.5, 0.6) is 0 Å². The molecule has 1 aliphatic rings. The first-order valence-corrected chi connectivity index (χ1v) is 7.86. The van der Waals surface area contributed by atoms with Crippen molar-refractivity contribution < 1.29 is 14.0 Å². The number of nitrogens with zero attached hydrogens (tertiary/aromatic N) is 3. The Morgan fingerprint density at radius 2 is 1.92 bits per heavy atom. The van der Waals surface area contributed by atoms with Crippen LogP contribution in [-0.4, -0.2) is 40.1 Å². The summed E-state index contributed by atoms with van der Waals surface area (Å²) in [6.07, 6.45) is 0. The van der Waals surface area contributed by atoms with Gasteiger partial charge >= 0.3 is 0 Å². The number of aromatic nitrogens is 2. The standard InChI is InChI=1S/C18H15FN4O2/c1-22-8-9-23-15(18(22)25)10-16(21-23)20-17(24)13-6-7-14(19)12-5-3-2-4-11(12)13/h2-7,10H,8-9H2,1H3,(H,20,21,24). The molecular weight excluding hydrogens is 323 g/mol. The fraction of sp³-hybridized carbons (Fsp3) is 0.167.